The summed E-state index contributed by atoms with van der Waals surface area (Å²) in [6.07, 6.45) is 8.09. The first kappa shape index (κ1) is 725. The first-order valence-corrected chi connectivity index (χ1v) is 13.6. The Kier molecular flexibility index (Phi) is 5000. The summed E-state index contributed by atoms with van der Waals surface area (Å²) >= 11 is 0. The molecule has 0 spiro atoms. The summed E-state index contributed by atoms with van der Waals surface area (Å²) in [5.41, 5.74) is -0.333. The van der Waals surface area contributed by atoms with Crippen molar-refractivity contribution in [3.05, 3.63) is 71.8 Å². The van der Waals surface area contributed by atoms with Gasteiger partial charge in [-0.25, -0.2) is 0 Å². The molecular weight excluding hydrogens is 7650 g/mol. The van der Waals surface area contributed by atoms with E-state index in [1.807, 2.05) is 75.8 Å². The molecule has 0 saturated carbocycles. The summed E-state index contributed by atoms with van der Waals surface area (Å²) in [6, 6.07) is 0. The van der Waals surface area contributed by atoms with Crippen molar-refractivity contribution in [2.75, 3.05) is 13.6 Å². The van der Waals surface area contributed by atoms with Crippen LogP contribution in [0.2, 0.25) is 0 Å². The van der Waals surface area contributed by atoms with E-state index in [1.54, 1.807) is 0 Å². The van der Waals surface area contributed by atoms with Crippen molar-refractivity contribution in [1.82, 2.24) is 5.32 Å². The van der Waals surface area contributed by atoms with Gasteiger partial charge in [-0.3, -0.25) is 0 Å². The molecule has 0 fully saturated rings. The molecule has 497 valence electrons. The molecule has 0 bridgehead atoms. The van der Waals surface area contributed by atoms with E-state index in [9.17, 15) is 0 Å². The zero-order valence-corrected chi connectivity index (χ0v) is 310. The predicted octanol–water partition coefficient (Wildman–Crippen LogP) is 14.6. The van der Waals surface area contributed by atoms with Gasteiger partial charge in [0.05, 0.1) is 0 Å². The Hall–Kier alpha value is 89.4. The summed E-state index contributed by atoms with van der Waals surface area (Å²) in [4.78, 5) is 0. The normalized spacial score (nSPS) is 1.78. The van der Waals surface area contributed by atoms with Gasteiger partial charge in [0, 0.05) is 2650 Å². The maximum Gasteiger partial charge on any atom is 0 e. The van der Waals surface area contributed by atoms with Crippen LogP contribution in [0.1, 0.15) is 157 Å². The second-order valence-electron chi connectivity index (χ2n) is 5.58. The van der Waals surface area contributed by atoms with Gasteiger partial charge in [-0.2, -0.15) is 6.92 Å². The minimum absolute atomic E-state index is 0. The number of hydrogen-bond donors (Lipinski definition) is 1. The van der Waals surface area contributed by atoms with Crippen LogP contribution in [0.25, 0.3) is 0 Å². The van der Waals surface area contributed by atoms with E-state index in [1.165, 1.54) is 32.1 Å². The monoisotopic (exact) mass is 7740 g/mol. The van der Waals surface area contributed by atoms with Gasteiger partial charge in [0.1, 0.15) is 0 Å². The molecule has 82 heteroatoms. The largest absolute Gasteiger partial charge is 0.582 e. The second-order valence-corrected chi connectivity index (χ2v) is 5.58. The van der Waals surface area contributed by atoms with Crippen molar-refractivity contribution in [3.8, 4) is 0 Å². The van der Waals surface area contributed by atoms with E-state index in [-0.39, 0.29) is 2700 Å². The van der Waals surface area contributed by atoms with E-state index in [2.05, 4.69) is 88.4 Å². The molecule has 0 saturated heterocycles. The van der Waals surface area contributed by atoms with Gasteiger partial charge in [0.25, 0.3) is 0 Å². The molecule has 0 heterocycles. The molecule has 0 unspecified atom stereocenters. The Morgan fingerprint density at radius 3 is 0.195 bits per heavy atom. The summed E-state index contributed by atoms with van der Waals surface area (Å²) < 4.78 is 0. The molecule has 0 aliphatic heterocycles. The average molecular weight is 7740 g/mol. The fraction of sp³-hybridized carbons (Fsp3) is 0.722. The first-order chi connectivity index (χ1) is 14.6. The summed E-state index contributed by atoms with van der Waals surface area (Å²) in [6.45, 7) is 49.0. The summed E-state index contributed by atoms with van der Waals surface area (Å²) in [7, 11) is 1.96. The molecule has 0 aliphatic rings. The third-order valence-electron chi connectivity index (χ3n) is 1.11. The number of nitrogens with one attached hydrogen (secondary N) is 1. The van der Waals surface area contributed by atoms with Crippen LogP contribution in [-0.2, 0) is 2650 Å². The van der Waals surface area contributed by atoms with Crippen molar-refractivity contribution < 1.29 is 2650 Å². The fourth-order valence-electron chi connectivity index (χ4n) is 0.250. The number of rotatable bonds is 3. The van der Waals surface area contributed by atoms with Gasteiger partial charge in [-0.05, 0) is 20.0 Å². The van der Waals surface area contributed by atoms with E-state index in [0.29, 0.717) is 0 Å². The zero-order valence-electron chi connectivity index (χ0n) is 79.7. The van der Waals surface area contributed by atoms with E-state index < -0.39 is 0 Å². The predicted molar refractivity (Wildman–Crippen MR) is 200 cm³/mol. The molecule has 0 aromatic carbocycles. The third-order valence-corrected chi connectivity index (χ3v) is 1.11. The van der Waals surface area contributed by atoms with Crippen molar-refractivity contribution >= 4 is 0 Å². The Labute approximate surface area is 2790 Å². The van der Waals surface area contributed by atoms with E-state index in [0.717, 1.165) is 6.54 Å². The van der Waals surface area contributed by atoms with Crippen LogP contribution in [-0.4, -0.2) is 13.6 Å². The van der Waals surface area contributed by atoms with Crippen LogP contribution < -0.4 is 5.32 Å². The average Bonchev–Trinajstić information content (AvgIpc) is 2.77. The maximum atomic E-state index is 3.61. The van der Waals surface area contributed by atoms with Crippen LogP contribution in [0.4, 0.5) is 0 Å². The molecule has 81 radical (unpaired) electrons. The second kappa shape index (κ2) is 815. The summed E-state index contributed by atoms with van der Waals surface area (Å²) in [5.74, 6) is 0. The van der Waals surface area contributed by atoms with Crippen LogP contribution in [0.15, 0.2) is 0 Å². The van der Waals surface area contributed by atoms with Gasteiger partial charge in [-0.15, -0.1) is 0 Å². The Morgan fingerprint density at radius 1 is 0.161 bits per heavy atom. The smallest absolute Gasteiger partial charge is 0 e. The van der Waals surface area contributed by atoms with Crippen LogP contribution in [0.5, 0.6) is 0 Å². The van der Waals surface area contributed by atoms with Crippen molar-refractivity contribution in [2.45, 2.75) is 157 Å². The Morgan fingerprint density at radius 2 is 0.195 bits per heavy atom. The third kappa shape index (κ3) is 963. The summed E-state index contributed by atoms with van der Waals surface area (Å²) in [5, 5.41) is 3.02. The molecule has 0 rings (SSSR count). The van der Waals surface area contributed by atoms with Crippen molar-refractivity contribution in [3.63, 3.8) is 0 Å². The topological polar surface area (TPSA) is 12.0 Å². The van der Waals surface area contributed by atoms with Crippen LogP contribution in [0.3, 0.4) is 0 Å². The van der Waals surface area contributed by atoms with Gasteiger partial charge in [0.2, 0.25) is 0 Å². The van der Waals surface area contributed by atoms with Crippen molar-refractivity contribution in [1.29, 1.82) is 0 Å². The fourth-order valence-corrected chi connectivity index (χ4v) is 0.250. The SMILES string of the molecule is CC.CC.CC.CC.CCC.CCC.CCC.CCC.CCCNC.[CH2-]C([CH2-])([CH2-])[CH-]C.[CH3-].[CH3-].[CH3-].[CH3-].[CH3-].[CH3-].[Y].[Y].[Y].[Y].[Y].[Y].[Y].[Y].[Y].[Y].[Y].[Y].[Y].[Y].[Y].[Y].[Y].[Y].[Y].[Y].[Y].[Y].[Y].[Y].[Y].[Y].[Y].[Y].[Y].[Y].[Y].[Y].[Y].[Y].[Y].[Y].[Y].[Y].[Y].[Y].[Y].[Y].[Y].[Y].[Y].[Y].[Y].[Y].[Y].[Y].[Y].[Y].[Y].[Y].[Y].[Y].[Y].[Y].[Y].[Y].[Y].[Y].[Y].[Y].[Y].[Y].[Y].[Y].[Y].[Y].[Y].[Y].[Y].[Y].[Y].[Y].[Y].[Y].[Y].[Y].[Y]. The van der Waals surface area contributed by atoms with E-state index in [4.69, 9.17) is 0 Å². The van der Waals surface area contributed by atoms with Crippen LogP contribution in [0, 0.1) is 77.2 Å². The van der Waals surface area contributed by atoms with E-state index >= 15 is 0 Å². The Balaban J connectivity index is -0.000000000407. The maximum absolute atomic E-state index is 3.61. The molecule has 0 aromatic heterocycles. The standard InChI is InChI=1S/C6H10.C4H11N.4C3H8.4C2H6.6CH3.81Y/c1-5-6(2,3)4;1-3-4-5-2;4*1-3-2;4*1-2;;;;;;;;;;;;;;;;;;;;;;;;;;;;;;;;;;;;;;;;;;;;;;;;;;;;;;;;;;;;;;;;;;;;;;;;;;;;;;;;;;;;;;;/h5H,2-4H2,1H3;5H,3-4H2,1-2H3;4*3H2,1-2H3;4*1-2H3;6*1H3;;;;;;;;;;;;;;;;;;;;;;;;;;;;;;;;;;;;;;;;;;;;;;;;;;;;;;;;;;;;;;;;;;;;;;;;;;;;;;;;;/q-4;;;;;;;;;;6*-1;;;;;;;;;;;;;;;;;;;;;;;;;;;;;;;;;;;;;;;;;;;;;;;;;;;;;;;;;;;;;;;;;;;;;;;;;;;;;;;;;. The molecule has 118 heavy (non-hydrogen) atoms. The zero-order chi connectivity index (χ0) is 28.2. The van der Waals surface area contributed by atoms with Crippen LogP contribution >= 0.6 is 0 Å². The number of hydrogen-bond acceptors (Lipinski definition) is 1. The van der Waals surface area contributed by atoms with Gasteiger partial charge < -0.3 is 82.5 Å². The molecule has 0 atom stereocenters. The first-order valence-electron chi connectivity index (χ1n) is 13.6. The van der Waals surface area contributed by atoms with Gasteiger partial charge in [0.15, 0.2) is 0 Å². The molecule has 1 nitrogen and oxygen atoms in total. The van der Waals surface area contributed by atoms with Gasteiger partial charge in [-0.1, -0.05) is 143 Å². The molecule has 0 amide bonds. The van der Waals surface area contributed by atoms with Gasteiger partial charge >= 0.3 is 0 Å². The molecular formula is C36H95NY81-10. The Bertz CT molecular complexity index is 200. The molecule has 1 N–H and O–H groups in total. The molecule has 0 aromatic rings. The quantitative estimate of drug-likeness (QED) is 0.278. The minimum Gasteiger partial charge on any atom is -0.582 e. The minimum atomic E-state index is -0.333. The van der Waals surface area contributed by atoms with Crippen molar-refractivity contribution in [2.24, 2.45) is 5.41 Å². The molecule has 0 aliphatic carbocycles.